The molecular weight excluding hydrogens is 352 g/mol. The molecule has 0 aromatic heterocycles. The van der Waals surface area contributed by atoms with Crippen LogP contribution in [0.15, 0.2) is 60.3 Å². The summed E-state index contributed by atoms with van der Waals surface area (Å²) in [5.41, 5.74) is 1.02. The summed E-state index contributed by atoms with van der Waals surface area (Å²) in [6.45, 7) is 9.59. The normalized spacial score (nSPS) is 11.9. The Morgan fingerprint density at radius 1 is 0.964 bits per heavy atom. The highest BCUT2D eigenvalue weighted by Gasteiger charge is 2.19. The third-order valence-corrected chi connectivity index (χ3v) is 3.58. The van der Waals surface area contributed by atoms with Crippen molar-refractivity contribution in [3.63, 3.8) is 0 Å². The van der Waals surface area contributed by atoms with E-state index in [1.165, 1.54) is 0 Å². The average Bonchev–Trinajstić information content (AvgIpc) is 2.61. The molecular formula is C23H28N2O3. The number of ether oxygens (including phenoxy) is 1. The minimum atomic E-state index is -0.428. The lowest BCUT2D eigenvalue weighted by atomic mass is 10.1. The average molecular weight is 380 g/mol. The van der Waals surface area contributed by atoms with Crippen molar-refractivity contribution in [1.82, 2.24) is 10.6 Å². The molecule has 0 unspecified atom stereocenters. The molecule has 0 atom stereocenters. The van der Waals surface area contributed by atoms with E-state index in [1.54, 1.807) is 30.3 Å². The molecule has 0 fully saturated rings. The Morgan fingerprint density at radius 3 is 2.11 bits per heavy atom. The second-order valence-corrected chi connectivity index (χ2v) is 7.82. The first-order chi connectivity index (χ1) is 13.1. The van der Waals surface area contributed by atoms with Gasteiger partial charge in [0.1, 0.15) is 11.4 Å². The van der Waals surface area contributed by atoms with Crippen LogP contribution in [0.5, 0.6) is 5.75 Å². The maximum absolute atomic E-state index is 12.7. The molecule has 0 bridgehead atoms. The largest absolute Gasteiger partial charge is 0.491 e. The van der Waals surface area contributed by atoms with Crippen LogP contribution in [0.3, 0.4) is 0 Å². The molecule has 0 radical (unpaired) electrons. The topological polar surface area (TPSA) is 67.4 Å². The van der Waals surface area contributed by atoms with Crippen LogP contribution in [0.4, 0.5) is 0 Å². The summed E-state index contributed by atoms with van der Waals surface area (Å²) in [6, 6.07) is 16.2. The van der Waals surface area contributed by atoms with Gasteiger partial charge in [0.2, 0.25) is 0 Å². The lowest BCUT2D eigenvalue weighted by molar-refractivity contribution is -0.119. The van der Waals surface area contributed by atoms with Gasteiger partial charge in [-0.05, 0) is 70.5 Å². The van der Waals surface area contributed by atoms with Gasteiger partial charge in [-0.3, -0.25) is 9.59 Å². The van der Waals surface area contributed by atoms with Crippen LogP contribution in [-0.2, 0) is 4.79 Å². The molecule has 2 rings (SSSR count). The third kappa shape index (κ3) is 6.91. The van der Waals surface area contributed by atoms with Crippen molar-refractivity contribution in [3.8, 4) is 5.75 Å². The smallest absolute Gasteiger partial charge is 0.268 e. The monoisotopic (exact) mass is 380 g/mol. The fourth-order valence-electron chi connectivity index (χ4n) is 2.43. The molecule has 2 aromatic carbocycles. The van der Waals surface area contributed by atoms with Crippen molar-refractivity contribution < 1.29 is 14.3 Å². The maximum Gasteiger partial charge on any atom is 0.268 e. The molecule has 2 amide bonds. The third-order valence-electron chi connectivity index (χ3n) is 3.58. The van der Waals surface area contributed by atoms with Gasteiger partial charge in [-0.25, -0.2) is 0 Å². The molecule has 0 saturated heterocycles. The summed E-state index contributed by atoms with van der Waals surface area (Å²) < 4.78 is 5.64. The summed E-state index contributed by atoms with van der Waals surface area (Å²) in [6.07, 6.45) is 1.74. The number of carbonyl (C=O) groups is 2. The fraction of sp³-hybridized carbons (Fsp3) is 0.304. The minimum absolute atomic E-state index is 0.0830. The number of nitrogens with one attached hydrogen (secondary N) is 2. The van der Waals surface area contributed by atoms with E-state index >= 15 is 0 Å². The van der Waals surface area contributed by atoms with E-state index < -0.39 is 5.54 Å². The first-order valence-electron chi connectivity index (χ1n) is 9.31. The zero-order chi connectivity index (χ0) is 20.7. The van der Waals surface area contributed by atoms with Gasteiger partial charge in [-0.15, -0.1) is 0 Å². The van der Waals surface area contributed by atoms with E-state index in [4.69, 9.17) is 4.74 Å². The Bertz CT molecular complexity index is 832. The number of amides is 2. The van der Waals surface area contributed by atoms with Crippen molar-refractivity contribution in [3.05, 3.63) is 71.4 Å². The van der Waals surface area contributed by atoms with Gasteiger partial charge in [-0.2, -0.15) is 0 Å². The highest BCUT2D eigenvalue weighted by Crippen LogP contribution is 2.16. The highest BCUT2D eigenvalue weighted by atomic mass is 16.5. The van der Waals surface area contributed by atoms with Crippen LogP contribution >= 0.6 is 0 Å². The van der Waals surface area contributed by atoms with E-state index in [0.29, 0.717) is 5.56 Å². The molecule has 0 aliphatic carbocycles. The molecule has 0 saturated carbocycles. The highest BCUT2D eigenvalue weighted by molar-refractivity contribution is 6.05. The molecule has 28 heavy (non-hydrogen) atoms. The second-order valence-electron chi connectivity index (χ2n) is 7.82. The molecule has 0 spiro atoms. The Labute approximate surface area is 166 Å². The first-order valence-corrected chi connectivity index (χ1v) is 9.31. The molecule has 2 N–H and O–H groups in total. The van der Waals surface area contributed by atoms with Crippen LogP contribution < -0.4 is 15.4 Å². The molecule has 0 aliphatic heterocycles. The lowest BCUT2D eigenvalue weighted by Crippen LogP contribution is -2.44. The van der Waals surface area contributed by atoms with Crippen LogP contribution in [0.1, 0.15) is 50.5 Å². The fourth-order valence-corrected chi connectivity index (χ4v) is 2.43. The Morgan fingerprint density at radius 2 is 1.57 bits per heavy atom. The quantitative estimate of drug-likeness (QED) is 0.740. The van der Waals surface area contributed by atoms with Gasteiger partial charge in [0.15, 0.2) is 0 Å². The number of hydrogen-bond acceptors (Lipinski definition) is 3. The predicted molar refractivity (Wildman–Crippen MR) is 112 cm³/mol. The van der Waals surface area contributed by atoms with Crippen molar-refractivity contribution >= 4 is 17.9 Å². The van der Waals surface area contributed by atoms with Gasteiger partial charge < -0.3 is 15.4 Å². The van der Waals surface area contributed by atoms with Crippen molar-refractivity contribution in [2.45, 2.75) is 46.3 Å². The van der Waals surface area contributed by atoms with Crippen LogP contribution in [0.2, 0.25) is 0 Å². The Kier molecular flexibility index (Phi) is 6.99. The Hall–Kier alpha value is -3.08. The zero-order valence-corrected chi connectivity index (χ0v) is 17.1. The predicted octanol–water partition coefficient (Wildman–Crippen LogP) is 4.16. The van der Waals surface area contributed by atoms with Crippen molar-refractivity contribution in [1.29, 1.82) is 0 Å². The molecule has 5 heteroatoms. The van der Waals surface area contributed by atoms with Gasteiger partial charge >= 0.3 is 0 Å². The zero-order valence-electron chi connectivity index (χ0n) is 17.1. The number of hydrogen-bond donors (Lipinski definition) is 2. The molecule has 0 aliphatic rings. The van der Waals surface area contributed by atoms with Crippen LogP contribution in [0.25, 0.3) is 6.08 Å². The number of benzene rings is 2. The maximum atomic E-state index is 12.7. The molecule has 148 valence electrons. The van der Waals surface area contributed by atoms with E-state index in [1.807, 2.05) is 65.0 Å². The van der Waals surface area contributed by atoms with E-state index in [2.05, 4.69) is 10.6 Å². The summed E-state index contributed by atoms with van der Waals surface area (Å²) in [5.74, 6) is 0.0659. The summed E-state index contributed by atoms with van der Waals surface area (Å²) in [4.78, 5) is 25.3. The van der Waals surface area contributed by atoms with E-state index in [0.717, 1.165) is 11.3 Å². The minimum Gasteiger partial charge on any atom is -0.491 e. The van der Waals surface area contributed by atoms with Crippen molar-refractivity contribution in [2.75, 3.05) is 0 Å². The molecule has 5 nitrogen and oxygen atoms in total. The van der Waals surface area contributed by atoms with Crippen LogP contribution in [-0.4, -0.2) is 23.5 Å². The first kappa shape index (κ1) is 21.2. The van der Waals surface area contributed by atoms with Gasteiger partial charge in [0, 0.05) is 11.1 Å². The van der Waals surface area contributed by atoms with Crippen molar-refractivity contribution in [2.24, 2.45) is 0 Å². The Balaban J connectivity index is 2.27. The van der Waals surface area contributed by atoms with Gasteiger partial charge in [0.05, 0.1) is 6.10 Å². The van der Waals surface area contributed by atoms with Gasteiger partial charge in [0.25, 0.3) is 11.8 Å². The van der Waals surface area contributed by atoms with E-state index in [9.17, 15) is 9.59 Å². The molecule has 2 aromatic rings. The summed E-state index contributed by atoms with van der Waals surface area (Å²) in [7, 11) is 0. The SMILES string of the molecule is CC(C)Oc1ccc(C=C(NC(=O)c2ccccc2)C(=O)NC(C)(C)C)cc1. The summed E-state index contributed by atoms with van der Waals surface area (Å²) in [5, 5.41) is 5.62. The molecule has 0 heterocycles. The standard InChI is InChI=1S/C23H28N2O3/c1-16(2)28-19-13-11-17(12-14-19)15-20(22(27)25-23(3,4)5)24-21(26)18-9-7-6-8-10-18/h6-16H,1-5H3,(H,24,26)(H,25,27). The van der Waals surface area contributed by atoms with E-state index in [-0.39, 0.29) is 23.6 Å². The van der Waals surface area contributed by atoms with Crippen LogP contribution in [0, 0.1) is 0 Å². The summed E-state index contributed by atoms with van der Waals surface area (Å²) >= 11 is 0. The van der Waals surface area contributed by atoms with Gasteiger partial charge in [-0.1, -0.05) is 30.3 Å². The number of carbonyl (C=O) groups excluding carboxylic acids is 2. The lowest BCUT2D eigenvalue weighted by Gasteiger charge is -2.22. The second kappa shape index (κ2) is 9.22. The number of rotatable bonds is 6.